The molecule has 0 amide bonds. The molecular weight excluding hydrogens is 284 g/mol. The van der Waals surface area contributed by atoms with Gasteiger partial charge in [-0.15, -0.1) is 0 Å². The van der Waals surface area contributed by atoms with Crippen LogP contribution in [0.3, 0.4) is 0 Å². The lowest BCUT2D eigenvalue weighted by molar-refractivity contribution is 0.457. The summed E-state index contributed by atoms with van der Waals surface area (Å²) in [6, 6.07) is 6.86. The summed E-state index contributed by atoms with van der Waals surface area (Å²) >= 11 is 3.94. The van der Waals surface area contributed by atoms with Crippen LogP contribution in [0.1, 0.15) is 44.4 Å². The molecule has 0 bridgehead atoms. The fourth-order valence-corrected chi connectivity index (χ4v) is 5.12. The van der Waals surface area contributed by atoms with Gasteiger partial charge in [0, 0.05) is 4.83 Å². The molecule has 0 aliphatic heterocycles. The molecule has 2 rings (SSSR count). The minimum absolute atomic E-state index is 0.459. The Morgan fingerprint density at radius 1 is 1.06 bits per heavy atom. The van der Waals surface area contributed by atoms with Crippen LogP contribution in [0.25, 0.3) is 0 Å². The molecule has 0 aromatic heterocycles. The lowest BCUT2D eigenvalue weighted by Gasteiger charge is -2.13. The van der Waals surface area contributed by atoms with Gasteiger partial charge >= 0.3 is 0 Å². The summed E-state index contributed by atoms with van der Waals surface area (Å²) in [7, 11) is 0. The fraction of sp³-hybridized carbons (Fsp3) is 0.647. The second kappa shape index (κ2) is 4.37. The molecule has 1 heteroatoms. The fourth-order valence-electron chi connectivity index (χ4n) is 3.43. The van der Waals surface area contributed by atoms with Crippen LogP contribution < -0.4 is 0 Å². The van der Waals surface area contributed by atoms with Crippen molar-refractivity contribution in [3.8, 4) is 0 Å². The van der Waals surface area contributed by atoms with Crippen molar-refractivity contribution in [2.45, 2.75) is 52.8 Å². The molecule has 1 fully saturated rings. The Bertz CT molecular complexity index is 443. The Kier molecular flexibility index (Phi) is 3.43. The van der Waals surface area contributed by atoms with Crippen molar-refractivity contribution in [2.24, 2.45) is 16.7 Å². The van der Waals surface area contributed by atoms with Gasteiger partial charge in [0.1, 0.15) is 0 Å². The second-order valence-electron chi connectivity index (χ2n) is 7.06. The molecule has 1 aliphatic rings. The van der Waals surface area contributed by atoms with Crippen LogP contribution in [0.2, 0.25) is 0 Å². The van der Waals surface area contributed by atoms with Crippen molar-refractivity contribution >= 4 is 15.9 Å². The highest BCUT2D eigenvalue weighted by Gasteiger charge is 2.66. The maximum absolute atomic E-state index is 3.94. The lowest BCUT2D eigenvalue weighted by atomic mass is 9.99. The second-order valence-corrected chi connectivity index (χ2v) is 8.24. The normalized spacial score (nSPS) is 22.8. The van der Waals surface area contributed by atoms with E-state index in [4.69, 9.17) is 0 Å². The third kappa shape index (κ3) is 2.15. The van der Waals surface area contributed by atoms with E-state index >= 15 is 0 Å². The van der Waals surface area contributed by atoms with Crippen molar-refractivity contribution in [2.75, 3.05) is 0 Å². The predicted octanol–water partition coefficient (Wildman–Crippen LogP) is 5.29. The van der Waals surface area contributed by atoms with E-state index < -0.39 is 0 Å². The predicted molar refractivity (Wildman–Crippen MR) is 83.4 cm³/mol. The van der Waals surface area contributed by atoms with Crippen molar-refractivity contribution in [1.29, 1.82) is 0 Å². The van der Waals surface area contributed by atoms with Gasteiger partial charge in [-0.05, 0) is 53.7 Å². The first kappa shape index (κ1) is 14.1. The summed E-state index contributed by atoms with van der Waals surface area (Å²) < 4.78 is 0. The zero-order valence-electron chi connectivity index (χ0n) is 12.5. The van der Waals surface area contributed by atoms with Crippen LogP contribution in [0, 0.1) is 30.6 Å². The number of aryl methyl sites for hydroxylation is 2. The van der Waals surface area contributed by atoms with E-state index in [9.17, 15) is 0 Å². The number of rotatable bonds is 3. The lowest BCUT2D eigenvalue weighted by Crippen LogP contribution is -2.10. The molecule has 1 aromatic carbocycles. The molecule has 0 radical (unpaired) electrons. The monoisotopic (exact) mass is 308 g/mol. The van der Waals surface area contributed by atoms with E-state index in [2.05, 4.69) is 75.7 Å². The van der Waals surface area contributed by atoms with Gasteiger partial charge < -0.3 is 0 Å². The van der Waals surface area contributed by atoms with E-state index in [0.717, 1.165) is 12.3 Å². The Labute approximate surface area is 120 Å². The molecule has 0 N–H and O–H groups in total. The van der Waals surface area contributed by atoms with Gasteiger partial charge in [-0.3, -0.25) is 0 Å². The molecule has 0 saturated heterocycles. The molecule has 1 atom stereocenters. The van der Waals surface area contributed by atoms with E-state index in [-0.39, 0.29) is 0 Å². The van der Waals surface area contributed by atoms with Gasteiger partial charge in [0.25, 0.3) is 0 Å². The Morgan fingerprint density at radius 3 is 2.06 bits per heavy atom. The minimum Gasteiger partial charge on any atom is -0.0884 e. The van der Waals surface area contributed by atoms with Gasteiger partial charge in [0.2, 0.25) is 0 Å². The minimum atomic E-state index is 0.459. The number of hydrogen-bond acceptors (Lipinski definition) is 0. The van der Waals surface area contributed by atoms with Crippen LogP contribution in [-0.2, 0) is 6.42 Å². The molecule has 18 heavy (non-hydrogen) atoms. The number of benzene rings is 1. The van der Waals surface area contributed by atoms with Gasteiger partial charge in [0.05, 0.1) is 0 Å². The first-order valence-electron chi connectivity index (χ1n) is 6.88. The average molecular weight is 309 g/mol. The molecule has 0 heterocycles. The number of alkyl halides is 1. The summed E-state index contributed by atoms with van der Waals surface area (Å²) in [6.45, 7) is 14.0. The van der Waals surface area contributed by atoms with Crippen LogP contribution in [0.4, 0.5) is 0 Å². The zero-order chi connectivity index (χ0) is 13.7. The van der Waals surface area contributed by atoms with Gasteiger partial charge in [0.15, 0.2) is 0 Å². The maximum Gasteiger partial charge on any atom is 0.0225 e. The quantitative estimate of drug-likeness (QED) is 0.665. The third-order valence-electron chi connectivity index (χ3n) is 5.50. The van der Waals surface area contributed by atoms with Crippen LogP contribution in [0.5, 0.6) is 0 Å². The Balaban J connectivity index is 2.09. The third-order valence-corrected chi connectivity index (χ3v) is 6.35. The van der Waals surface area contributed by atoms with Crippen LogP contribution in [-0.4, -0.2) is 4.83 Å². The molecule has 100 valence electrons. The summed E-state index contributed by atoms with van der Waals surface area (Å²) in [5.74, 6) is 0.770. The number of hydrogen-bond donors (Lipinski definition) is 0. The Hall–Kier alpha value is -0.300. The summed E-state index contributed by atoms with van der Waals surface area (Å²) in [5.41, 5.74) is 5.17. The van der Waals surface area contributed by atoms with Gasteiger partial charge in [-0.2, -0.15) is 0 Å². The van der Waals surface area contributed by atoms with Gasteiger partial charge in [-0.25, -0.2) is 0 Å². The maximum atomic E-state index is 3.94. The van der Waals surface area contributed by atoms with Crippen LogP contribution >= 0.6 is 15.9 Å². The van der Waals surface area contributed by atoms with Crippen molar-refractivity contribution < 1.29 is 0 Å². The molecule has 1 aromatic rings. The summed E-state index contributed by atoms with van der Waals surface area (Å²) in [5, 5.41) is 0. The van der Waals surface area contributed by atoms with Gasteiger partial charge in [-0.1, -0.05) is 61.8 Å². The molecule has 1 saturated carbocycles. The smallest absolute Gasteiger partial charge is 0.0225 e. The summed E-state index contributed by atoms with van der Waals surface area (Å²) in [4.78, 5) is 0.588. The highest BCUT2D eigenvalue weighted by Crippen LogP contribution is 2.71. The van der Waals surface area contributed by atoms with Crippen molar-refractivity contribution in [3.05, 3.63) is 34.9 Å². The first-order chi connectivity index (χ1) is 8.18. The van der Waals surface area contributed by atoms with E-state index in [1.54, 1.807) is 0 Å². The highest BCUT2D eigenvalue weighted by atomic mass is 79.9. The SMILES string of the molecule is Cc1ccc(CC(Br)C2C(C)(C)C2(C)C)cc1C. The van der Waals surface area contributed by atoms with E-state index in [1.165, 1.54) is 16.7 Å². The standard InChI is InChI=1S/C17H25Br/c1-11-7-8-13(9-12(11)2)10-14(18)15-16(3,4)17(15,5)6/h7-9,14-15H,10H2,1-6H3. The molecule has 1 unspecified atom stereocenters. The zero-order valence-corrected chi connectivity index (χ0v) is 14.1. The molecule has 0 spiro atoms. The van der Waals surface area contributed by atoms with E-state index in [0.29, 0.717) is 15.7 Å². The molecular formula is C17H25Br. The molecule has 1 aliphatic carbocycles. The topological polar surface area (TPSA) is 0 Å². The highest BCUT2D eigenvalue weighted by molar-refractivity contribution is 9.09. The van der Waals surface area contributed by atoms with Crippen LogP contribution in [0.15, 0.2) is 18.2 Å². The van der Waals surface area contributed by atoms with Crippen molar-refractivity contribution in [3.63, 3.8) is 0 Å². The molecule has 0 nitrogen and oxygen atoms in total. The van der Waals surface area contributed by atoms with E-state index in [1.807, 2.05) is 0 Å². The number of halogens is 1. The van der Waals surface area contributed by atoms with Crippen molar-refractivity contribution in [1.82, 2.24) is 0 Å². The Morgan fingerprint density at radius 2 is 1.61 bits per heavy atom. The average Bonchev–Trinajstić information content (AvgIpc) is 2.63. The first-order valence-corrected chi connectivity index (χ1v) is 7.79. The summed E-state index contributed by atoms with van der Waals surface area (Å²) in [6.07, 6.45) is 1.14. The largest absolute Gasteiger partial charge is 0.0884 e.